The van der Waals surface area contributed by atoms with E-state index in [-0.39, 0.29) is 5.41 Å². The van der Waals surface area contributed by atoms with Gasteiger partial charge in [0.2, 0.25) is 0 Å². The van der Waals surface area contributed by atoms with Gasteiger partial charge in [-0.3, -0.25) is 0 Å². The van der Waals surface area contributed by atoms with Crippen LogP contribution in [0.4, 0.5) is 0 Å². The molecule has 0 spiro atoms. The summed E-state index contributed by atoms with van der Waals surface area (Å²) in [7, 11) is 0. The zero-order valence-electron chi connectivity index (χ0n) is 10.2. The highest BCUT2D eigenvalue weighted by molar-refractivity contribution is 7.09. The molecule has 0 radical (unpaired) electrons. The van der Waals surface area contributed by atoms with Crippen LogP contribution in [0.5, 0.6) is 0 Å². The number of aromatic nitrogens is 1. The van der Waals surface area contributed by atoms with Crippen molar-refractivity contribution in [1.82, 2.24) is 4.98 Å². The summed E-state index contributed by atoms with van der Waals surface area (Å²) < 4.78 is 0. The number of nitrogens with zero attached hydrogens (tertiary/aromatic N) is 1. The highest BCUT2D eigenvalue weighted by atomic mass is 32.1. The molecule has 15 heavy (non-hydrogen) atoms. The molecule has 0 amide bonds. The maximum atomic E-state index is 5.83. The lowest BCUT2D eigenvalue weighted by Gasteiger charge is -2.23. The summed E-state index contributed by atoms with van der Waals surface area (Å²) in [6, 6.07) is 0. The van der Waals surface area contributed by atoms with E-state index in [4.69, 9.17) is 10.7 Å². The zero-order chi connectivity index (χ0) is 11.5. The summed E-state index contributed by atoms with van der Waals surface area (Å²) in [5.41, 5.74) is 7.06. The molecule has 0 bridgehead atoms. The number of rotatable bonds is 5. The Hall–Kier alpha value is -0.410. The first kappa shape index (κ1) is 12.7. The van der Waals surface area contributed by atoms with Gasteiger partial charge >= 0.3 is 0 Å². The molecular weight excluding hydrogens is 204 g/mol. The molecule has 1 heterocycles. The van der Waals surface area contributed by atoms with Crippen molar-refractivity contribution in [2.24, 2.45) is 5.73 Å². The summed E-state index contributed by atoms with van der Waals surface area (Å²) in [6.07, 6.45) is 2.20. The highest BCUT2D eigenvalue weighted by Gasteiger charge is 2.26. The van der Waals surface area contributed by atoms with Gasteiger partial charge in [-0.15, -0.1) is 11.3 Å². The van der Waals surface area contributed by atoms with Crippen molar-refractivity contribution in [1.29, 1.82) is 0 Å². The smallest absolute Gasteiger partial charge is 0.0956 e. The van der Waals surface area contributed by atoms with Gasteiger partial charge in [-0.05, 0) is 12.8 Å². The van der Waals surface area contributed by atoms with Crippen molar-refractivity contribution >= 4 is 11.3 Å². The maximum absolute atomic E-state index is 5.83. The van der Waals surface area contributed by atoms with Gasteiger partial charge in [0.25, 0.3) is 0 Å². The van der Waals surface area contributed by atoms with Gasteiger partial charge in [0.15, 0.2) is 0 Å². The normalized spacial score (nSPS) is 17.4. The lowest BCUT2D eigenvalue weighted by molar-refractivity contribution is 0.454. The van der Waals surface area contributed by atoms with E-state index in [1.165, 1.54) is 10.7 Å². The Morgan fingerprint density at radius 3 is 2.67 bits per heavy atom. The molecule has 0 aromatic carbocycles. The molecule has 0 aliphatic heterocycles. The van der Waals surface area contributed by atoms with E-state index in [1.807, 2.05) is 0 Å². The van der Waals surface area contributed by atoms with Crippen LogP contribution >= 0.6 is 11.3 Å². The van der Waals surface area contributed by atoms with E-state index in [2.05, 4.69) is 33.1 Å². The van der Waals surface area contributed by atoms with Crippen LogP contribution in [0.2, 0.25) is 0 Å². The molecule has 2 atom stereocenters. The fraction of sp³-hybridized carbons (Fsp3) is 0.750. The molecule has 2 nitrogen and oxygen atoms in total. The Morgan fingerprint density at radius 1 is 1.53 bits per heavy atom. The van der Waals surface area contributed by atoms with Crippen LogP contribution in [-0.2, 0) is 5.41 Å². The van der Waals surface area contributed by atoms with Gasteiger partial charge < -0.3 is 5.73 Å². The van der Waals surface area contributed by atoms with Crippen LogP contribution in [0, 0.1) is 0 Å². The Morgan fingerprint density at radius 2 is 2.20 bits per heavy atom. The summed E-state index contributed by atoms with van der Waals surface area (Å²) in [5.74, 6) is 0.572. The third-order valence-electron chi connectivity index (χ3n) is 3.41. The van der Waals surface area contributed by atoms with Crippen LogP contribution in [0.3, 0.4) is 0 Å². The van der Waals surface area contributed by atoms with Crippen molar-refractivity contribution in [3.8, 4) is 0 Å². The standard InChI is InChI=1S/C12H22N2S/c1-5-9(3)11-14-10(7-15-11)12(4,6-2)8-13/h7,9H,5-6,8,13H2,1-4H3. The molecule has 3 heteroatoms. The van der Waals surface area contributed by atoms with E-state index in [9.17, 15) is 0 Å². The van der Waals surface area contributed by atoms with Crippen LogP contribution < -0.4 is 5.73 Å². The minimum Gasteiger partial charge on any atom is -0.330 e. The molecule has 0 aliphatic rings. The first-order valence-electron chi connectivity index (χ1n) is 5.73. The molecule has 2 unspecified atom stereocenters. The molecule has 0 fully saturated rings. The van der Waals surface area contributed by atoms with E-state index < -0.39 is 0 Å². The topological polar surface area (TPSA) is 38.9 Å². The summed E-state index contributed by atoms with van der Waals surface area (Å²) in [4.78, 5) is 4.73. The van der Waals surface area contributed by atoms with E-state index in [1.54, 1.807) is 11.3 Å². The van der Waals surface area contributed by atoms with Crippen LogP contribution in [-0.4, -0.2) is 11.5 Å². The Balaban J connectivity index is 2.92. The van der Waals surface area contributed by atoms with Crippen molar-refractivity contribution < 1.29 is 0 Å². The number of hydrogen-bond donors (Lipinski definition) is 1. The summed E-state index contributed by atoms with van der Waals surface area (Å²) in [6.45, 7) is 9.48. The van der Waals surface area contributed by atoms with E-state index in [0.717, 1.165) is 12.8 Å². The molecule has 2 N–H and O–H groups in total. The minimum absolute atomic E-state index is 0.0577. The second kappa shape index (κ2) is 5.08. The van der Waals surface area contributed by atoms with Crippen molar-refractivity contribution in [3.05, 3.63) is 16.1 Å². The van der Waals surface area contributed by atoms with Crippen molar-refractivity contribution in [2.45, 2.75) is 51.9 Å². The first-order valence-corrected chi connectivity index (χ1v) is 6.61. The average Bonchev–Trinajstić information content (AvgIpc) is 2.76. The Kier molecular flexibility index (Phi) is 4.29. The van der Waals surface area contributed by atoms with E-state index >= 15 is 0 Å². The largest absolute Gasteiger partial charge is 0.330 e. The van der Waals surface area contributed by atoms with Crippen LogP contribution in [0.1, 0.15) is 57.2 Å². The van der Waals surface area contributed by atoms with Gasteiger partial charge in [-0.1, -0.05) is 27.7 Å². The van der Waals surface area contributed by atoms with Crippen molar-refractivity contribution in [2.75, 3.05) is 6.54 Å². The van der Waals surface area contributed by atoms with Gasteiger partial charge in [-0.2, -0.15) is 0 Å². The quantitative estimate of drug-likeness (QED) is 0.837. The molecular formula is C12H22N2S. The fourth-order valence-corrected chi connectivity index (χ4v) is 2.52. The number of nitrogens with two attached hydrogens (primary N) is 1. The molecule has 86 valence electrons. The van der Waals surface area contributed by atoms with E-state index in [0.29, 0.717) is 12.5 Å². The molecule has 1 aromatic heterocycles. The SMILES string of the molecule is CCC(C)c1nc(C(C)(CC)CN)cs1. The number of thiazole rings is 1. The first-order chi connectivity index (χ1) is 7.07. The summed E-state index contributed by atoms with van der Waals surface area (Å²) >= 11 is 1.77. The van der Waals surface area contributed by atoms with Gasteiger partial charge in [0.1, 0.15) is 0 Å². The summed E-state index contributed by atoms with van der Waals surface area (Å²) in [5, 5.41) is 3.43. The molecule has 1 rings (SSSR count). The maximum Gasteiger partial charge on any atom is 0.0956 e. The Bertz CT molecular complexity index is 302. The van der Waals surface area contributed by atoms with Gasteiger partial charge in [0.05, 0.1) is 10.7 Å². The molecule has 0 saturated carbocycles. The van der Waals surface area contributed by atoms with Gasteiger partial charge in [0, 0.05) is 23.3 Å². The van der Waals surface area contributed by atoms with Crippen LogP contribution in [0.25, 0.3) is 0 Å². The minimum atomic E-state index is 0.0577. The zero-order valence-corrected chi connectivity index (χ0v) is 11.0. The monoisotopic (exact) mass is 226 g/mol. The van der Waals surface area contributed by atoms with Gasteiger partial charge in [-0.25, -0.2) is 4.98 Å². The molecule has 1 aromatic rings. The lowest BCUT2D eigenvalue weighted by atomic mass is 9.85. The predicted octanol–water partition coefficient (Wildman–Crippen LogP) is 3.28. The second-order valence-corrected chi connectivity index (χ2v) is 5.39. The predicted molar refractivity (Wildman–Crippen MR) is 67.5 cm³/mol. The van der Waals surface area contributed by atoms with Crippen molar-refractivity contribution in [3.63, 3.8) is 0 Å². The number of hydrogen-bond acceptors (Lipinski definition) is 3. The highest BCUT2D eigenvalue weighted by Crippen LogP contribution is 2.30. The third-order valence-corrected chi connectivity index (χ3v) is 4.48. The third kappa shape index (κ3) is 2.58. The average molecular weight is 226 g/mol. The lowest BCUT2D eigenvalue weighted by Crippen LogP contribution is -2.31. The molecule has 0 saturated heterocycles. The Labute approximate surface area is 96.9 Å². The molecule has 0 aliphatic carbocycles. The van der Waals surface area contributed by atoms with Crippen LogP contribution in [0.15, 0.2) is 5.38 Å². The second-order valence-electron chi connectivity index (χ2n) is 4.50. The fourth-order valence-electron chi connectivity index (χ4n) is 1.40.